The molecule has 2 nitrogen and oxygen atoms in total. The molecule has 0 aromatic heterocycles. The Morgan fingerprint density at radius 1 is 1.06 bits per heavy atom. The molecule has 0 saturated carbocycles. The molecule has 18 heavy (non-hydrogen) atoms. The van der Waals surface area contributed by atoms with E-state index in [4.69, 9.17) is 4.74 Å². The minimum atomic E-state index is 0. The largest absolute Gasteiger partial charge is 0.489 e. The highest BCUT2D eigenvalue weighted by atomic mass is 35.5. The van der Waals surface area contributed by atoms with Crippen LogP contribution in [0.25, 0.3) is 6.08 Å². The van der Waals surface area contributed by atoms with Gasteiger partial charge in [-0.15, -0.1) is 12.4 Å². The number of para-hydroxylation sites is 1. The number of piperidine rings is 1. The summed E-state index contributed by atoms with van der Waals surface area (Å²) in [6.07, 6.45) is 6.40. The van der Waals surface area contributed by atoms with Crippen LogP contribution in [0.4, 0.5) is 0 Å². The number of rotatable bonds is 2. The summed E-state index contributed by atoms with van der Waals surface area (Å²) in [4.78, 5) is 2.55. The van der Waals surface area contributed by atoms with Crippen LogP contribution in [0.15, 0.2) is 29.8 Å². The Balaban J connectivity index is 0.00000120. The third-order valence-corrected chi connectivity index (χ3v) is 3.57. The maximum absolute atomic E-state index is 5.78. The van der Waals surface area contributed by atoms with Gasteiger partial charge in [-0.05, 0) is 43.6 Å². The number of hydrogen-bond acceptors (Lipinski definition) is 2. The molecular formula is C15H20ClNO. The Bertz CT molecular complexity index is 424. The Kier molecular flexibility index (Phi) is 4.67. The van der Waals surface area contributed by atoms with Crippen molar-refractivity contribution in [3.63, 3.8) is 0 Å². The first-order chi connectivity index (χ1) is 8.42. The van der Waals surface area contributed by atoms with Gasteiger partial charge in [0.05, 0.1) is 0 Å². The van der Waals surface area contributed by atoms with Crippen molar-refractivity contribution in [1.82, 2.24) is 4.90 Å². The zero-order valence-electron chi connectivity index (χ0n) is 10.6. The predicted molar refractivity (Wildman–Crippen MR) is 77.5 cm³/mol. The minimum absolute atomic E-state index is 0. The molecule has 0 amide bonds. The van der Waals surface area contributed by atoms with Gasteiger partial charge in [0.15, 0.2) is 0 Å². The molecule has 0 atom stereocenters. The predicted octanol–water partition coefficient (Wildman–Crippen LogP) is 3.37. The number of halogens is 1. The molecule has 0 unspecified atom stereocenters. The molecule has 2 aliphatic heterocycles. The smallest absolute Gasteiger partial charge is 0.127 e. The molecule has 0 bridgehead atoms. The van der Waals surface area contributed by atoms with Crippen molar-refractivity contribution >= 4 is 18.5 Å². The van der Waals surface area contributed by atoms with Crippen molar-refractivity contribution < 1.29 is 4.74 Å². The molecule has 2 heterocycles. The summed E-state index contributed by atoms with van der Waals surface area (Å²) in [6.45, 7) is 4.33. The number of hydrogen-bond donors (Lipinski definition) is 0. The van der Waals surface area contributed by atoms with Gasteiger partial charge in [-0.3, -0.25) is 4.90 Å². The average molecular weight is 266 g/mol. The number of benzene rings is 1. The molecule has 2 aliphatic rings. The van der Waals surface area contributed by atoms with E-state index < -0.39 is 0 Å². The van der Waals surface area contributed by atoms with Crippen LogP contribution in [0, 0.1) is 0 Å². The van der Waals surface area contributed by atoms with Gasteiger partial charge >= 0.3 is 0 Å². The van der Waals surface area contributed by atoms with Gasteiger partial charge in [-0.1, -0.05) is 24.6 Å². The summed E-state index contributed by atoms with van der Waals surface area (Å²) in [5.41, 5.74) is 2.64. The van der Waals surface area contributed by atoms with Crippen LogP contribution < -0.4 is 4.74 Å². The van der Waals surface area contributed by atoms with E-state index in [1.54, 1.807) is 0 Å². The van der Waals surface area contributed by atoms with E-state index in [2.05, 4.69) is 23.1 Å². The second-order valence-electron chi connectivity index (χ2n) is 4.97. The third-order valence-electron chi connectivity index (χ3n) is 3.57. The fourth-order valence-electron chi connectivity index (χ4n) is 2.66. The monoisotopic (exact) mass is 265 g/mol. The highest BCUT2D eigenvalue weighted by Crippen LogP contribution is 2.26. The van der Waals surface area contributed by atoms with Crippen LogP contribution in [-0.2, 0) is 0 Å². The van der Waals surface area contributed by atoms with Crippen molar-refractivity contribution in [3.05, 3.63) is 35.4 Å². The highest BCUT2D eigenvalue weighted by Gasteiger charge is 2.15. The van der Waals surface area contributed by atoms with Gasteiger partial charge in [0, 0.05) is 12.1 Å². The molecule has 0 spiro atoms. The van der Waals surface area contributed by atoms with Crippen LogP contribution in [0.2, 0.25) is 0 Å². The van der Waals surface area contributed by atoms with Crippen LogP contribution in [0.1, 0.15) is 24.8 Å². The maximum Gasteiger partial charge on any atom is 0.127 e. The Hall–Kier alpha value is -0.990. The highest BCUT2D eigenvalue weighted by molar-refractivity contribution is 5.85. The van der Waals surface area contributed by atoms with E-state index in [1.165, 1.54) is 43.5 Å². The van der Waals surface area contributed by atoms with Gasteiger partial charge in [0.25, 0.3) is 0 Å². The first kappa shape index (κ1) is 13.4. The first-order valence-electron chi connectivity index (χ1n) is 6.55. The lowest BCUT2D eigenvalue weighted by Crippen LogP contribution is -2.32. The molecule has 0 aliphatic carbocycles. The van der Waals surface area contributed by atoms with Crippen molar-refractivity contribution in [2.45, 2.75) is 19.3 Å². The molecule has 1 saturated heterocycles. The Labute approximate surface area is 115 Å². The lowest BCUT2D eigenvalue weighted by atomic mass is 10.1. The van der Waals surface area contributed by atoms with Crippen LogP contribution in [0.5, 0.6) is 5.75 Å². The van der Waals surface area contributed by atoms with E-state index >= 15 is 0 Å². The Morgan fingerprint density at radius 2 is 1.83 bits per heavy atom. The SMILES string of the molecule is C1=C(CN2CCCCC2)COc2ccccc21.Cl. The lowest BCUT2D eigenvalue weighted by Gasteiger charge is -2.28. The van der Waals surface area contributed by atoms with E-state index in [9.17, 15) is 0 Å². The molecule has 1 aromatic rings. The van der Waals surface area contributed by atoms with E-state index in [1.807, 2.05) is 12.1 Å². The van der Waals surface area contributed by atoms with Gasteiger partial charge in [0.2, 0.25) is 0 Å². The minimum Gasteiger partial charge on any atom is -0.489 e. The fourth-order valence-corrected chi connectivity index (χ4v) is 2.66. The van der Waals surface area contributed by atoms with Crippen molar-refractivity contribution in [2.24, 2.45) is 0 Å². The van der Waals surface area contributed by atoms with Gasteiger partial charge in [-0.2, -0.15) is 0 Å². The van der Waals surface area contributed by atoms with E-state index in [-0.39, 0.29) is 12.4 Å². The maximum atomic E-state index is 5.78. The zero-order valence-corrected chi connectivity index (χ0v) is 11.4. The Morgan fingerprint density at radius 3 is 2.67 bits per heavy atom. The first-order valence-corrected chi connectivity index (χ1v) is 6.55. The normalized spacial score (nSPS) is 19.2. The second-order valence-corrected chi connectivity index (χ2v) is 4.97. The molecular weight excluding hydrogens is 246 g/mol. The third kappa shape index (κ3) is 3.06. The average Bonchev–Trinajstić information content (AvgIpc) is 2.40. The molecule has 1 aromatic carbocycles. The summed E-state index contributed by atoms with van der Waals surface area (Å²) in [7, 11) is 0. The topological polar surface area (TPSA) is 12.5 Å². The van der Waals surface area contributed by atoms with Crippen molar-refractivity contribution in [1.29, 1.82) is 0 Å². The summed E-state index contributed by atoms with van der Waals surface area (Å²) >= 11 is 0. The van der Waals surface area contributed by atoms with Gasteiger partial charge in [0.1, 0.15) is 12.4 Å². The molecule has 1 fully saturated rings. The summed E-state index contributed by atoms with van der Waals surface area (Å²) in [6, 6.07) is 8.28. The zero-order chi connectivity index (χ0) is 11.5. The van der Waals surface area contributed by atoms with Crippen molar-refractivity contribution in [3.8, 4) is 5.75 Å². The van der Waals surface area contributed by atoms with E-state index in [0.29, 0.717) is 0 Å². The standard InChI is InChI=1S/C15H19NO.ClH/c1-4-8-16(9-5-1)11-13-10-14-6-2-3-7-15(14)17-12-13;/h2-3,6-7,10H,1,4-5,8-9,11-12H2;1H. The van der Waals surface area contributed by atoms with Crippen LogP contribution in [0.3, 0.4) is 0 Å². The quantitative estimate of drug-likeness (QED) is 0.813. The summed E-state index contributed by atoms with van der Waals surface area (Å²) < 4.78 is 5.78. The van der Waals surface area contributed by atoms with Crippen molar-refractivity contribution in [2.75, 3.05) is 26.2 Å². The molecule has 3 rings (SSSR count). The van der Waals surface area contributed by atoms with Gasteiger partial charge < -0.3 is 4.74 Å². The van der Waals surface area contributed by atoms with Crippen LogP contribution in [-0.4, -0.2) is 31.1 Å². The fraction of sp³-hybridized carbons (Fsp3) is 0.467. The molecule has 0 N–H and O–H groups in total. The number of likely N-dealkylation sites (tertiary alicyclic amines) is 1. The second kappa shape index (κ2) is 6.26. The summed E-state index contributed by atoms with van der Waals surface area (Å²) in [5, 5.41) is 0. The lowest BCUT2D eigenvalue weighted by molar-refractivity contribution is 0.234. The molecule has 0 radical (unpaired) electrons. The van der Waals surface area contributed by atoms with E-state index in [0.717, 1.165) is 18.9 Å². The van der Waals surface area contributed by atoms with Crippen LogP contribution >= 0.6 is 12.4 Å². The number of fused-ring (bicyclic) bond motifs is 1. The molecule has 3 heteroatoms. The van der Waals surface area contributed by atoms with Gasteiger partial charge in [-0.25, -0.2) is 0 Å². The number of ether oxygens (including phenoxy) is 1. The molecule has 98 valence electrons. The summed E-state index contributed by atoms with van der Waals surface area (Å²) in [5.74, 6) is 1.02. The number of nitrogens with zero attached hydrogens (tertiary/aromatic N) is 1.